The largest absolute Gasteiger partial charge is 0.290 e. The van der Waals surface area contributed by atoms with Crippen molar-refractivity contribution in [2.45, 2.75) is 27.7 Å². The van der Waals surface area contributed by atoms with E-state index in [2.05, 4.69) is 44.9 Å². The van der Waals surface area contributed by atoms with Crippen LogP contribution >= 0.6 is 11.8 Å². The molecule has 2 heteroatoms. The summed E-state index contributed by atoms with van der Waals surface area (Å²) in [6.45, 7) is 11.7. The van der Waals surface area contributed by atoms with Crippen molar-refractivity contribution in [3.63, 3.8) is 0 Å². The van der Waals surface area contributed by atoms with Crippen molar-refractivity contribution in [3.8, 4) is 0 Å². The molecule has 0 aromatic rings. The Hall–Kier alpha value is 0.0500. The Bertz CT molecular complexity index is 218. The van der Waals surface area contributed by atoms with Crippen molar-refractivity contribution in [1.29, 1.82) is 0 Å². The molecule has 0 radical (unpaired) electrons. The number of hydrogen-bond acceptors (Lipinski definition) is 2. The van der Waals surface area contributed by atoms with Crippen molar-refractivity contribution in [1.82, 2.24) is 4.90 Å². The van der Waals surface area contributed by atoms with Crippen LogP contribution in [0.2, 0.25) is 0 Å². The van der Waals surface area contributed by atoms with Gasteiger partial charge in [0.1, 0.15) is 0 Å². The van der Waals surface area contributed by atoms with Gasteiger partial charge in [-0.05, 0) is 17.6 Å². The second-order valence-corrected chi connectivity index (χ2v) is 5.96. The molecular weight excluding hydrogens is 190 g/mol. The van der Waals surface area contributed by atoms with Crippen LogP contribution in [-0.2, 0) is 0 Å². The van der Waals surface area contributed by atoms with Crippen LogP contribution in [-0.4, -0.2) is 30.1 Å². The van der Waals surface area contributed by atoms with Crippen LogP contribution in [0.1, 0.15) is 27.7 Å². The van der Waals surface area contributed by atoms with E-state index >= 15 is 0 Å². The van der Waals surface area contributed by atoms with Crippen LogP contribution in [0.15, 0.2) is 11.6 Å². The number of hydrogen-bond donors (Lipinski definition) is 0. The molecule has 1 heterocycles. The predicted molar refractivity (Wildman–Crippen MR) is 66.7 cm³/mol. The lowest BCUT2D eigenvalue weighted by Gasteiger charge is -2.40. The quantitative estimate of drug-likeness (QED) is 0.662. The SMILES string of the molecule is CSCN1CC=C(C(C)C)C(C)(C)C1. The van der Waals surface area contributed by atoms with E-state index in [-0.39, 0.29) is 0 Å². The van der Waals surface area contributed by atoms with E-state index in [0.29, 0.717) is 11.3 Å². The molecule has 0 saturated carbocycles. The summed E-state index contributed by atoms with van der Waals surface area (Å²) in [5.74, 6) is 1.85. The van der Waals surface area contributed by atoms with Crippen LogP contribution in [0, 0.1) is 11.3 Å². The van der Waals surface area contributed by atoms with Crippen molar-refractivity contribution in [3.05, 3.63) is 11.6 Å². The lowest BCUT2D eigenvalue weighted by atomic mass is 9.76. The maximum Gasteiger partial charge on any atom is 0.0445 e. The van der Waals surface area contributed by atoms with E-state index in [9.17, 15) is 0 Å². The first kappa shape index (κ1) is 12.1. The molecule has 1 nitrogen and oxygen atoms in total. The van der Waals surface area contributed by atoms with Gasteiger partial charge in [0.05, 0.1) is 0 Å². The van der Waals surface area contributed by atoms with Gasteiger partial charge in [-0.15, -0.1) is 11.8 Å². The molecule has 0 amide bonds. The molecule has 0 bridgehead atoms. The van der Waals surface area contributed by atoms with Crippen molar-refractivity contribution in [2.75, 3.05) is 25.2 Å². The summed E-state index contributed by atoms with van der Waals surface area (Å²) < 4.78 is 0. The molecule has 1 aliphatic rings. The van der Waals surface area contributed by atoms with Crippen LogP contribution in [0.25, 0.3) is 0 Å². The summed E-state index contributed by atoms with van der Waals surface area (Å²) in [6, 6.07) is 0. The fraction of sp³-hybridized carbons (Fsp3) is 0.833. The van der Waals surface area contributed by atoms with E-state index in [4.69, 9.17) is 0 Å². The van der Waals surface area contributed by atoms with Crippen molar-refractivity contribution >= 4 is 11.8 Å². The van der Waals surface area contributed by atoms with Crippen LogP contribution < -0.4 is 0 Å². The fourth-order valence-corrected chi connectivity index (χ4v) is 3.08. The highest BCUT2D eigenvalue weighted by Crippen LogP contribution is 2.35. The molecule has 0 atom stereocenters. The smallest absolute Gasteiger partial charge is 0.0445 e. The highest BCUT2D eigenvalue weighted by atomic mass is 32.2. The van der Waals surface area contributed by atoms with E-state index < -0.39 is 0 Å². The van der Waals surface area contributed by atoms with E-state index in [1.54, 1.807) is 5.57 Å². The molecule has 1 aliphatic heterocycles. The minimum absolute atomic E-state index is 0.363. The first-order chi connectivity index (χ1) is 6.47. The van der Waals surface area contributed by atoms with Gasteiger partial charge in [-0.25, -0.2) is 0 Å². The number of nitrogens with zero attached hydrogens (tertiary/aromatic N) is 1. The molecule has 0 unspecified atom stereocenters. The van der Waals surface area contributed by atoms with Gasteiger partial charge in [0, 0.05) is 19.0 Å². The molecule has 14 heavy (non-hydrogen) atoms. The average molecular weight is 213 g/mol. The molecule has 0 aliphatic carbocycles. The summed E-state index contributed by atoms with van der Waals surface area (Å²) in [5.41, 5.74) is 2.00. The minimum atomic E-state index is 0.363. The topological polar surface area (TPSA) is 3.24 Å². The lowest BCUT2D eigenvalue weighted by molar-refractivity contribution is 0.218. The normalized spacial score (nSPS) is 22.6. The van der Waals surface area contributed by atoms with Crippen molar-refractivity contribution in [2.24, 2.45) is 11.3 Å². The zero-order chi connectivity index (χ0) is 10.8. The van der Waals surface area contributed by atoms with Gasteiger partial charge in [0.15, 0.2) is 0 Å². The molecular formula is C12H23NS. The Morgan fingerprint density at radius 1 is 1.50 bits per heavy atom. The third-order valence-corrected chi connectivity index (χ3v) is 3.53. The standard InChI is InChI=1S/C12H23NS/c1-10(2)11-6-7-13(9-14-5)8-12(11,3)4/h6,10H,7-9H2,1-5H3. The number of rotatable bonds is 3. The third kappa shape index (κ3) is 2.77. The molecule has 0 spiro atoms. The van der Waals surface area contributed by atoms with Gasteiger partial charge in [0.25, 0.3) is 0 Å². The molecule has 1 rings (SSSR count). The zero-order valence-electron chi connectivity index (χ0n) is 10.1. The van der Waals surface area contributed by atoms with E-state index in [1.165, 1.54) is 6.54 Å². The molecule has 82 valence electrons. The predicted octanol–water partition coefficient (Wildman–Crippen LogP) is 3.23. The summed E-state index contributed by atoms with van der Waals surface area (Å²) in [6.07, 6.45) is 4.61. The van der Waals surface area contributed by atoms with Gasteiger partial charge in [-0.3, -0.25) is 4.90 Å². The third-order valence-electron chi connectivity index (χ3n) is 2.90. The molecule has 0 saturated heterocycles. The molecule has 0 aromatic heterocycles. The molecule has 0 N–H and O–H groups in total. The van der Waals surface area contributed by atoms with Gasteiger partial charge < -0.3 is 0 Å². The summed E-state index contributed by atoms with van der Waals surface area (Å²) in [4.78, 5) is 2.52. The van der Waals surface area contributed by atoms with Crippen LogP contribution in [0.3, 0.4) is 0 Å². The maximum absolute atomic E-state index is 2.52. The Morgan fingerprint density at radius 3 is 2.57 bits per heavy atom. The lowest BCUT2D eigenvalue weighted by Crippen LogP contribution is -2.40. The Balaban J connectivity index is 2.72. The van der Waals surface area contributed by atoms with E-state index in [0.717, 1.165) is 12.4 Å². The van der Waals surface area contributed by atoms with Gasteiger partial charge >= 0.3 is 0 Å². The van der Waals surface area contributed by atoms with Gasteiger partial charge in [-0.2, -0.15) is 0 Å². The zero-order valence-corrected chi connectivity index (χ0v) is 10.9. The Morgan fingerprint density at radius 2 is 2.14 bits per heavy atom. The van der Waals surface area contributed by atoms with E-state index in [1.807, 2.05) is 11.8 Å². The summed E-state index contributed by atoms with van der Waals surface area (Å²) in [5, 5.41) is 0. The van der Waals surface area contributed by atoms with Crippen molar-refractivity contribution < 1.29 is 0 Å². The minimum Gasteiger partial charge on any atom is -0.290 e. The fourth-order valence-electron chi connectivity index (χ4n) is 2.52. The molecule has 0 aromatic carbocycles. The first-order valence-corrected chi connectivity index (χ1v) is 6.78. The highest BCUT2D eigenvalue weighted by molar-refractivity contribution is 7.98. The summed E-state index contributed by atoms with van der Waals surface area (Å²) in [7, 11) is 0. The first-order valence-electron chi connectivity index (χ1n) is 5.39. The average Bonchev–Trinajstić information content (AvgIpc) is 2.01. The molecule has 0 fully saturated rings. The van der Waals surface area contributed by atoms with Gasteiger partial charge in [-0.1, -0.05) is 39.3 Å². The second-order valence-electron chi connectivity index (χ2n) is 5.13. The monoisotopic (exact) mass is 213 g/mol. The highest BCUT2D eigenvalue weighted by Gasteiger charge is 2.30. The Labute approximate surface area is 92.9 Å². The van der Waals surface area contributed by atoms with Crippen LogP contribution in [0.5, 0.6) is 0 Å². The Kier molecular flexibility index (Phi) is 4.08. The second kappa shape index (κ2) is 4.71. The van der Waals surface area contributed by atoms with Crippen LogP contribution in [0.4, 0.5) is 0 Å². The van der Waals surface area contributed by atoms with Gasteiger partial charge in [0.2, 0.25) is 0 Å². The summed E-state index contributed by atoms with van der Waals surface area (Å²) >= 11 is 1.92. The maximum atomic E-state index is 2.52. The number of thioether (sulfide) groups is 1.